The van der Waals surface area contributed by atoms with Crippen molar-refractivity contribution in [2.45, 2.75) is 32.9 Å². The number of benzene rings is 1. The van der Waals surface area contributed by atoms with E-state index in [9.17, 15) is 4.79 Å². The number of hydrogen-bond acceptors (Lipinski definition) is 4. The molecule has 3 heterocycles. The van der Waals surface area contributed by atoms with Crippen LogP contribution in [0.5, 0.6) is 0 Å². The highest BCUT2D eigenvalue weighted by molar-refractivity contribution is 9.10. The first-order valence-electron chi connectivity index (χ1n) is 9.54. The third-order valence-electron chi connectivity index (χ3n) is 5.85. The Balaban J connectivity index is 1.57. The van der Waals surface area contributed by atoms with Gasteiger partial charge in [-0.2, -0.15) is 0 Å². The molecular weight excluding hydrogens is 418 g/mol. The molecule has 146 valence electrons. The summed E-state index contributed by atoms with van der Waals surface area (Å²) in [4.78, 5) is 22.5. The number of methoxy groups -OCH3 is 1. The van der Waals surface area contributed by atoms with Gasteiger partial charge in [-0.15, -0.1) is 0 Å². The molecule has 1 N–H and O–H groups in total. The molecule has 3 aromatic rings. The monoisotopic (exact) mass is 441 g/mol. The number of rotatable bonds is 4. The highest BCUT2D eigenvalue weighted by atomic mass is 79.9. The summed E-state index contributed by atoms with van der Waals surface area (Å²) in [5.41, 5.74) is 5.34. The molecule has 28 heavy (non-hydrogen) atoms. The highest BCUT2D eigenvalue weighted by Crippen LogP contribution is 2.31. The zero-order chi connectivity index (χ0) is 19.8. The lowest BCUT2D eigenvalue weighted by atomic mass is 10.0. The number of aromatic amines is 1. The third-order valence-corrected chi connectivity index (χ3v) is 6.71. The molecule has 6 heteroatoms. The number of aromatic nitrogens is 2. The van der Waals surface area contributed by atoms with Gasteiger partial charge in [0, 0.05) is 33.7 Å². The van der Waals surface area contributed by atoms with E-state index in [4.69, 9.17) is 9.72 Å². The number of halogens is 1. The maximum absolute atomic E-state index is 11.9. The Morgan fingerprint density at radius 2 is 2.18 bits per heavy atom. The fourth-order valence-electron chi connectivity index (χ4n) is 4.08. The zero-order valence-electron chi connectivity index (χ0n) is 16.3. The van der Waals surface area contributed by atoms with Crippen LogP contribution in [0.2, 0.25) is 0 Å². The van der Waals surface area contributed by atoms with Crippen molar-refractivity contribution in [1.82, 2.24) is 14.9 Å². The normalized spacial score (nSPS) is 20.0. The van der Waals surface area contributed by atoms with Crippen molar-refractivity contribution in [1.29, 1.82) is 0 Å². The SMILES string of the molecule is COC(=O)C1CCN(Cc2ccc3cc(-c4cccc(Br)c4C)[nH]c3n2)[C@@H]1C. The molecule has 1 fully saturated rings. The van der Waals surface area contributed by atoms with Gasteiger partial charge in [-0.25, -0.2) is 4.98 Å². The van der Waals surface area contributed by atoms with Crippen molar-refractivity contribution in [3.8, 4) is 11.3 Å². The number of ether oxygens (including phenoxy) is 1. The number of carbonyl (C=O) groups excluding carboxylic acids is 1. The summed E-state index contributed by atoms with van der Waals surface area (Å²) in [6.07, 6.45) is 0.838. The van der Waals surface area contributed by atoms with Gasteiger partial charge in [-0.05, 0) is 56.6 Å². The minimum absolute atomic E-state index is 0.0506. The topological polar surface area (TPSA) is 58.2 Å². The predicted molar refractivity (Wildman–Crippen MR) is 114 cm³/mol. The molecule has 0 saturated carbocycles. The molecule has 1 aromatic carbocycles. The van der Waals surface area contributed by atoms with E-state index < -0.39 is 0 Å². The van der Waals surface area contributed by atoms with Gasteiger partial charge in [-0.3, -0.25) is 9.69 Å². The summed E-state index contributed by atoms with van der Waals surface area (Å²) in [6, 6.07) is 12.7. The number of carbonyl (C=O) groups is 1. The van der Waals surface area contributed by atoms with Gasteiger partial charge in [-0.1, -0.05) is 28.1 Å². The summed E-state index contributed by atoms with van der Waals surface area (Å²) in [5.74, 6) is -0.165. The van der Waals surface area contributed by atoms with Crippen molar-refractivity contribution in [3.05, 3.63) is 52.1 Å². The third kappa shape index (κ3) is 3.47. The summed E-state index contributed by atoms with van der Waals surface area (Å²) in [5, 5.41) is 1.10. The van der Waals surface area contributed by atoms with Crippen LogP contribution in [0.1, 0.15) is 24.6 Å². The van der Waals surface area contributed by atoms with E-state index in [0.29, 0.717) is 0 Å². The Morgan fingerprint density at radius 3 is 2.96 bits per heavy atom. The number of H-pyrrole nitrogens is 1. The second-order valence-corrected chi connectivity index (χ2v) is 8.32. The van der Waals surface area contributed by atoms with E-state index in [-0.39, 0.29) is 17.9 Å². The number of fused-ring (bicyclic) bond motifs is 1. The Kier molecular flexibility index (Phi) is 5.25. The predicted octanol–water partition coefficient (Wildman–Crippen LogP) is 4.68. The Hall–Kier alpha value is -2.18. The van der Waals surface area contributed by atoms with Gasteiger partial charge in [0.1, 0.15) is 5.65 Å². The molecule has 1 unspecified atom stereocenters. The molecule has 0 spiro atoms. The van der Waals surface area contributed by atoms with Crippen molar-refractivity contribution in [2.75, 3.05) is 13.7 Å². The van der Waals surface area contributed by atoms with Crippen molar-refractivity contribution in [2.24, 2.45) is 5.92 Å². The van der Waals surface area contributed by atoms with E-state index in [2.05, 4.69) is 70.0 Å². The number of likely N-dealkylation sites (tertiary alicyclic amines) is 1. The molecule has 1 aliphatic heterocycles. The summed E-state index contributed by atoms with van der Waals surface area (Å²) in [6.45, 7) is 5.81. The van der Waals surface area contributed by atoms with Gasteiger partial charge in [0.25, 0.3) is 0 Å². The van der Waals surface area contributed by atoms with Gasteiger partial charge in [0.15, 0.2) is 0 Å². The smallest absolute Gasteiger partial charge is 0.310 e. The van der Waals surface area contributed by atoms with E-state index in [1.807, 2.05) is 6.07 Å². The number of hydrogen-bond donors (Lipinski definition) is 1. The maximum Gasteiger partial charge on any atom is 0.310 e. The van der Waals surface area contributed by atoms with Gasteiger partial charge >= 0.3 is 5.97 Å². The van der Waals surface area contributed by atoms with Crippen LogP contribution in [0.25, 0.3) is 22.3 Å². The van der Waals surface area contributed by atoms with Gasteiger partial charge < -0.3 is 9.72 Å². The molecule has 5 nitrogen and oxygen atoms in total. The molecule has 0 radical (unpaired) electrons. The van der Waals surface area contributed by atoms with Crippen LogP contribution in [-0.2, 0) is 16.1 Å². The van der Waals surface area contributed by atoms with E-state index >= 15 is 0 Å². The molecule has 2 aromatic heterocycles. The Morgan fingerprint density at radius 1 is 1.36 bits per heavy atom. The minimum Gasteiger partial charge on any atom is -0.469 e. The number of pyridine rings is 1. The van der Waals surface area contributed by atoms with Crippen molar-refractivity contribution in [3.63, 3.8) is 0 Å². The Bertz CT molecular complexity index is 1030. The lowest BCUT2D eigenvalue weighted by Gasteiger charge is -2.23. The average Bonchev–Trinajstić information content (AvgIpc) is 3.27. The van der Waals surface area contributed by atoms with Crippen LogP contribution in [0.15, 0.2) is 40.9 Å². The molecule has 1 saturated heterocycles. The van der Waals surface area contributed by atoms with E-state index in [1.165, 1.54) is 18.2 Å². The quantitative estimate of drug-likeness (QED) is 0.596. The Labute approximate surface area is 173 Å². The first-order valence-corrected chi connectivity index (χ1v) is 10.3. The lowest BCUT2D eigenvalue weighted by molar-refractivity contribution is -0.146. The maximum atomic E-state index is 11.9. The first kappa shape index (κ1) is 19.2. The van der Waals surface area contributed by atoms with Gasteiger partial charge in [0.05, 0.1) is 18.7 Å². The lowest BCUT2D eigenvalue weighted by Crippen LogP contribution is -2.33. The molecule has 4 rings (SSSR count). The first-order chi connectivity index (χ1) is 13.5. The van der Waals surface area contributed by atoms with Crippen molar-refractivity contribution < 1.29 is 9.53 Å². The van der Waals surface area contributed by atoms with Crippen LogP contribution >= 0.6 is 15.9 Å². The number of nitrogens with zero attached hydrogens (tertiary/aromatic N) is 2. The van der Waals surface area contributed by atoms with Crippen LogP contribution in [0.3, 0.4) is 0 Å². The van der Waals surface area contributed by atoms with Crippen LogP contribution in [-0.4, -0.2) is 40.5 Å². The number of esters is 1. The van der Waals surface area contributed by atoms with Crippen LogP contribution < -0.4 is 0 Å². The fraction of sp³-hybridized carbons (Fsp3) is 0.364. The summed E-state index contributed by atoms with van der Waals surface area (Å²) >= 11 is 3.61. The second kappa shape index (κ2) is 7.68. The molecule has 0 bridgehead atoms. The molecule has 1 aliphatic rings. The van der Waals surface area contributed by atoms with Gasteiger partial charge in [0.2, 0.25) is 0 Å². The standard InChI is InChI=1S/C22H24BrN3O2/c1-13-17(5-4-6-19(13)23)20-11-15-7-8-16(24-21(15)25-20)12-26-10-9-18(14(26)2)22(27)28-3/h4-8,11,14,18H,9-10,12H2,1-3H3,(H,24,25)/t14-,18?/m1/s1. The highest BCUT2D eigenvalue weighted by Gasteiger charge is 2.36. The second-order valence-electron chi connectivity index (χ2n) is 7.47. The number of nitrogens with one attached hydrogen (secondary N) is 1. The largest absolute Gasteiger partial charge is 0.469 e. The zero-order valence-corrected chi connectivity index (χ0v) is 17.9. The molecule has 0 amide bonds. The molecule has 0 aliphatic carbocycles. The van der Waals surface area contributed by atoms with Crippen LogP contribution in [0.4, 0.5) is 0 Å². The van der Waals surface area contributed by atoms with Crippen LogP contribution in [0, 0.1) is 12.8 Å². The molecule has 2 atom stereocenters. The summed E-state index contributed by atoms with van der Waals surface area (Å²) < 4.78 is 6.03. The average molecular weight is 442 g/mol. The van der Waals surface area contributed by atoms with Crippen molar-refractivity contribution >= 4 is 32.9 Å². The molecular formula is C22H24BrN3O2. The van der Waals surface area contributed by atoms with E-state index in [1.54, 1.807) is 0 Å². The summed E-state index contributed by atoms with van der Waals surface area (Å²) in [7, 11) is 1.46. The minimum atomic E-state index is -0.114. The fourth-order valence-corrected chi connectivity index (χ4v) is 4.45. The van der Waals surface area contributed by atoms with E-state index in [0.717, 1.165) is 46.4 Å².